The maximum absolute atomic E-state index is 13.7. The van der Waals surface area contributed by atoms with Gasteiger partial charge in [-0.05, 0) is 36.8 Å². The molecule has 184 valence electrons. The molecular weight excluding hydrogens is 480 g/mol. The zero-order valence-electron chi connectivity index (χ0n) is 20.0. The van der Waals surface area contributed by atoms with Crippen LogP contribution < -0.4 is 24.4 Å². The maximum Gasteiger partial charge on any atom is 0.338 e. The number of aromatic nitrogens is 1. The third-order valence-electron chi connectivity index (χ3n) is 5.46. The number of benzene rings is 2. The average molecular weight is 505 g/mol. The van der Waals surface area contributed by atoms with Crippen LogP contribution >= 0.6 is 11.3 Å². The highest BCUT2D eigenvalue weighted by atomic mass is 32.1. The van der Waals surface area contributed by atoms with Gasteiger partial charge in [-0.1, -0.05) is 54.3 Å². The van der Waals surface area contributed by atoms with Gasteiger partial charge in [0, 0.05) is 12.5 Å². The highest BCUT2D eigenvalue weighted by Gasteiger charge is 2.33. The Balaban J connectivity index is 1.91. The molecule has 0 amide bonds. The topological polar surface area (TPSA) is 96.2 Å². The van der Waals surface area contributed by atoms with Gasteiger partial charge in [0.2, 0.25) is 0 Å². The number of para-hydroxylation sites is 1. The molecule has 0 saturated heterocycles. The average Bonchev–Trinajstić information content (AvgIpc) is 3.16. The van der Waals surface area contributed by atoms with Crippen molar-refractivity contribution < 1.29 is 23.8 Å². The van der Waals surface area contributed by atoms with E-state index in [2.05, 4.69) is 11.6 Å². The summed E-state index contributed by atoms with van der Waals surface area (Å²) in [6.07, 6.45) is 3.22. The van der Waals surface area contributed by atoms with Gasteiger partial charge < -0.3 is 14.2 Å². The molecule has 1 atom stereocenters. The Labute approximate surface area is 211 Å². The third kappa shape index (κ3) is 4.92. The highest BCUT2D eigenvalue weighted by molar-refractivity contribution is 7.07. The molecule has 0 aliphatic carbocycles. The fourth-order valence-corrected chi connectivity index (χ4v) is 4.96. The fourth-order valence-electron chi connectivity index (χ4n) is 3.92. The summed E-state index contributed by atoms with van der Waals surface area (Å²) < 4.78 is 17.8. The molecule has 1 aromatic heterocycles. The molecule has 1 aliphatic heterocycles. The molecular formula is C27H24N2O6S. The van der Waals surface area contributed by atoms with Crippen molar-refractivity contribution in [3.8, 4) is 11.5 Å². The van der Waals surface area contributed by atoms with Crippen LogP contribution in [0.15, 0.2) is 82.2 Å². The fraction of sp³-hybridized carbons (Fsp3) is 0.185. The minimum Gasteiger partial charge on any atom is -0.496 e. The number of fused-ring (bicyclic) bond motifs is 1. The molecule has 8 nitrogen and oxygen atoms in total. The van der Waals surface area contributed by atoms with Gasteiger partial charge >= 0.3 is 11.9 Å². The predicted octanol–water partition coefficient (Wildman–Crippen LogP) is 2.90. The van der Waals surface area contributed by atoms with Crippen molar-refractivity contribution in [3.05, 3.63) is 103 Å². The van der Waals surface area contributed by atoms with Crippen molar-refractivity contribution in [2.24, 2.45) is 4.99 Å². The van der Waals surface area contributed by atoms with Gasteiger partial charge in [0.1, 0.15) is 18.1 Å². The molecule has 3 aromatic rings. The van der Waals surface area contributed by atoms with Gasteiger partial charge in [0.05, 0.1) is 29.0 Å². The smallest absolute Gasteiger partial charge is 0.338 e. The van der Waals surface area contributed by atoms with Crippen LogP contribution in [0.5, 0.6) is 11.5 Å². The lowest BCUT2D eigenvalue weighted by molar-refractivity contribution is -0.138. The Bertz CT molecular complexity index is 1550. The second-order valence-corrected chi connectivity index (χ2v) is 8.88. The molecule has 2 heterocycles. The van der Waals surface area contributed by atoms with Crippen molar-refractivity contribution in [1.29, 1.82) is 0 Å². The molecule has 0 fully saturated rings. The van der Waals surface area contributed by atoms with Crippen LogP contribution in [-0.2, 0) is 14.3 Å². The first kappa shape index (κ1) is 24.9. The van der Waals surface area contributed by atoms with Crippen molar-refractivity contribution >= 4 is 29.4 Å². The van der Waals surface area contributed by atoms with E-state index >= 15 is 0 Å². The molecule has 0 spiro atoms. The summed E-state index contributed by atoms with van der Waals surface area (Å²) in [6.45, 7) is 6.63. The lowest BCUT2D eigenvalue weighted by Crippen LogP contribution is -2.39. The molecule has 0 radical (unpaired) electrons. The van der Waals surface area contributed by atoms with Crippen LogP contribution in [0.25, 0.3) is 6.08 Å². The number of rotatable bonds is 7. The monoisotopic (exact) mass is 504 g/mol. The Morgan fingerprint density at radius 1 is 1.17 bits per heavy atom. The van der Waals surface area contributed by atoms with Crippen LogP contribution in [0.2, 0.25) is 0 Å². The van der Waals surface area contributed by atoms with Gasteiger partial charge in [-0.25, -0.2) is 9.79 Å². The number of methoxy groups -OCH3 is 1. The lowest BCUT2D eigenvalue weighted by Gasteiger charge is -2.24. The summed E-state index contributed by atoms with van der Waals surface area (Å²) in [5.41, 5.74) is 1.77. The van der Waals surface area contributed by atoms with E-state index in [1.54, 1.807) is 44.4 Å². The summed E-state index contributed by atoms with van der Waals surface area (Å²) >= 11 is 1.22. The van der Waals surface area contributed by atoms with E-state index in [4.69, 9.17) is 14.2 Å². The molecule has 0 bridgehead atoms. The summed E-state index contributed by atoms with van der Waals surface area (Å²) in [6, 6.07) is 13.2. The van der Waals surface area contributed by atoms with Gasteiger partial charge in [-0.15, -0.1) is 0 Å². The van der Waals surface area contributed by atoms with E-state index in [9.17, 15) is 14.4 Å². The maximum atomic E-state index is 13.7. The van der Waals surface area contributed by atoms with E-state index in [0.29, 0.717) is 32.1 Å². The van der Waals surface area contributed by atoms with Gasteiger partial charge in [-0.3, -0.25) is 14.2 Å². The number of carbonyl (C=O) groups excluding carboxylic acids is 2. The molecule has 0 N–H and O–H groups in total. The molecule has 4 rings (SSSR count). The number of hydrogen-bond acceptors (Lipinski definition) is 8. The molecule has 1 aliphatic rings. The Morgan fingerprint density at radius 3 is 2.56 bits per heavy atom. The number of nitrogens with zero attached hydrogens (tertiary/aromatic N) is 2. The predicted molar refractivity (Wildman–Crippen MR) is 136 cm³/mol. The van der Waals surface area contributed by atoms with E-state index in [1.807, 2.05) is 24.3 Å². The third-order valence-corrected chi connectivity index (χ3v) is 6.44. The van der Waals surface area contributed by atoms with E-state index in [-0.39, 0.29) is 17.7 Å². The van der Waals surface area contributed by atoms with Crippen molar-refractivity contribution in [1.82, 2.24) is 4.57 Å². The molecule has 2 aromatic carbocycles. The number of ether oxygens (including phenoxy) is 3. The Morgan fingerprint density at radius 2 is 1.89 bits per heavy atom. The quantitative estimate of drug-likeness (QED) is 0.279. The first-order chi connectivity index (χ1) is 17.3. The van der Waals surface area contributed by atoms with Crippen molar-refractivity contribution in [2.75, 3.05) is 13.7 Å². The SMILES string of the molecule is C=CCOC(=O)C1=C(C)N=c2s/c(=C/c3ccccc3OC)c(=O)n2[C@H]1c1ccc(OC(C)=O)cc1. The molecule has 0 unspecified atom stereocenters. The number of carbonyl (C=O) groups is 2. The second kappa shape index (κ2) is 10.6. The summed E-state index contributed by atoms with van der Waals surface area (Å²) in [5.74, 6) is -0.0575. The van der Waals surface area contributed by atoms with Crippen molar-refractivity contribution in [2.45, 2.75) is 19.9 Å². The van der Waals surface area contributed by atoms with E-state index in [1.165, 1.54) is 28.9 Å². The van der Waals surface area contributed by atoms with Crippen LogP contribution in [0.4, 0.5) is 0 Å². The normalized spacial score (nSPS) is 15.1. The van der Waals surface area contributed by atoms with Gasteiger partial charge in [-0.2, -0.15) is 0 Å². The number of allylic oxidation sites excluding steroid dienone is 1. The lowest BCUT2D eigenvalue weighted by atomic mass is 9.96. The van der Waals surface area contributed by atoms with Crippen LogP contribution in [-0.4, -0.2) is 30.2 Å². The number of esters is 2. The van der Waals surface area contributed by atoms with E-state index in [0.717, 1.165) is 5.56 Å². The molecule has 36 heavy (non-hydrogen) atoms. The zero-order chi connectivity index (χ0) is 25.8. The zero-order valence-corrected chi connectivity index (χ0v) is 20.8. The minimum atomic E-state index is -0.787. The van der Waals surface area contributed by atoms with Crippen LogP contribution in [0.3, 0.4) is 0 Å². The first-order valence-corrected chi connectivity index (χ1v) is 11.9. The van der Waals surface area contributed by atoms with Crippen LogP contribution in [0, 0.1) is 0 Å². The van der Waals surface area contributed by atoms with E-state index < -0.39 is 18.0 Å². The Kier molecular flexibility index (Phi) is 7.30. The summed E-state index contributed by atoms with van der Waals surface area (Å²) in [5, 5.41) is 0. The van der Waals surface area contributed by atoms with Gasteiger partial charge in [0.15, 0.2) is 4.80 Å². The largest absolute Gasteiger partial charge is 0.496 e. The van der Waals surface area contributed by atoms with Gasteiger partial charge in [0.25, 0.3) is 5.56 Å². The molecule has 9 heteroatoms. The highest BCUT2D eigenvalue weighted by Crippen LogP contribution is 2.31. The minimum absolute atomic E-state index is 0.0198. The standard InChI is InChI=1S/C27H24N2O6S/c1-5-14-34-26(32)23-16(2)28-27-29(24(23)18-10-12-20(13-11-18)35-17(3)30)25(31)22(36-27)15-19-8-6-7-9-21(19)33-4/h5-13,15,24H,1,14H2,2-4H3/b22-15+/t24-/m0/s1. The molecule has 0 saturated carbocycles. The summed E-state index contributed by atoms with van der Waals surface area (Å²) in [7, 11) is 1.57. The van der Waals surface area contributed by atoms with Crippen molar-refractivity contribution in [3.63, 3.8) is 0 Å². The number of thiazole rings is 1. The van der Waals surface area contributed by atoms with Crippen LogP contribution in [0.1, 0.15) is 31.0 Å². The summed E-state index contributed by atoms with van der Waals surface area (Å²) in [4.78, 5) is 43.1. The second-order valence-electron chi connectivity index (χ2n) is 7.87. The first-order valence-electron chi connectivity index (χ1n) is 11.1. The Hall–Kier alpha value is -4.24. The number of hydrogen-bond donors (Lipinski definition) is 0.